The third-order valence-corrected chi connectivity index (χ3v) is 7.94. The summed E-state index contributed by atoms with van der Waals surface area (Å²) in [5, 5.41) is 0.312. The Hall–Kier alpha value is -4.17. The van der Waals surface area contributed by atoms with E-state index in [-0.39, 0.29) is 18.2 Å². The van der Waals surface area contributed by atoms with Crippen LogP contribution in [0.25, 0.3) is 16.6 Å². The lowest BCUT2D eigenvalue weighted by atomic mass is 9.75. The zero-order valence-corrected chi connectivity index (χ0v) is 22.1. The van der Waals surface area contributed by atoms with E-state index < -0.39 is 5.82 Å². The van der Waals surface area contributed by atoms with E-state index in [1.165, 1.54) is 12.1 Å². The van der Waals surface area contributed by atoms with E-state index in [9.17, 15) is 4.79 Å². The van der Waals surface area contributed by atoms with Gasteiger partial charge in [0.05, 0.1) is 23.1 Å². The number of ketones is 1. The fourth-order valence-electron chi connectivity index (χ4n) is 6.00. The van der Waals surface area contributed by atoms with E-state index in [0.29, 0.717) is 34.0 Å². The van der Waals surface area contributed by atoms with Gasteiger partial charge in [0.2, 0.25) is 0 Å². The minimum absolute atomic E-state index is 0.110. The summed E-state index contributed by atoms with van der Waals surface area (Å²) in [6, 6.07) is 10.7. The minimum atomic E-state index is -0.415. The van der Waals surface area contributed by atoms with E-state index in [2.05, 4.69) is 21.9 Å². The monoisotopic (exact) mass is 522 g/mol. The summed E-state index contributed by atoms with van der Waals surface area (Å²) in [5.74, 6) is 0.315. The maximum Gasteiger partial charge on any atom is 0.169 e. The first-order chi connectivity index (χ1) is 18.9. The van der Waals surface area contributed by atoms with Gasteiger partial charge in [-0.25, -0.2) is 9.37 Å². The lowest BCUT2D eigenvalue weighted by Gasteiger charge is -2.32. The van der Waals surface area contributed by atoms with Crippen LogP contribution >= 0.6 is 0 Å². The van der Waals surface area contributed by atoms with Crippen molar-refractivity contribution in [2.24, 2.45) is 11.7 Å². The molecule has 7 nitrogen and oxygen atoms in total. The van der Waals surface area contributed by atoms with Crippen LogP contribution in [0.15, 0.2) is 73.6 Å². The third kappa shape index (κ3) is 4.88. The van der Waals surface area contributed by atoms with Crippen molar-refractivity contribution < 1.29 is 9.18 Å². The first-order valence-corrected chi connectivity index (χ1v) is 13.3. The van der Waals surface area contributed by atoms with Crippen LogP contribution in [0.5, 0.6) is 0 Å². The molecule has 0 amide bonds. The normalized spacial score (nSPS) is 19.4. The van der Waals surface area contributed by atoms with Crippen molar-refractivity contribution in [2.45, 2.75) is 44.6 Å². The molecule has 3 atom stereocenters. The van der Waals surface area contributed by atoms with Gasteiger partial charge >= 0.3 is 0 Å². The molecule has 0 radical (unpaired) electrons. The molecule has 0 spiro atoms. The quantitative estimate of drug-likeness (QED) is 0.282. The van der Waals surface area contributed by atoms with Gasteiger partial charge in [-0.3, -0.25) is 14.8 Å². The van der Waals surface area contributed by atoms with Gasteiger partial charge in [0.25, 0.3) is 0 Å². The number of anilines is 2. The molecule has 1 aliphatic carbocycles. The van der Waals surface area contributed by atoms with E-state index in [4.69, 9.17) is 5.73 Å². The highest BCUT2D eigenvalue weighted by atomic mass is 19.1. The summed E-state index contributed by atoms with van der Waals surface area (Å²) in [4.78, 5) is 28.7. The van der Waals surface area contributed by atoms with Crippen LogP contribution in [0, 0.1) is 11.7 Å². The molecular weight excluding hydrogens is 491 g/mol. The summed E-state index contributed by atoms with van der Waals surface area (Å²) in [5.41, 5.74) is 11.6. The van der Waals surface area contributed by atoms with Crippen molar-refractivity contribution in [1.82, 2.24) is 19.4 Å². The molecule has 2 N–H and O–H groups in total. The Morgan fingerprint density at radius 1 is 1.08 bits per heavy atom. The summed E-state index contributed by atoms with van der Waals surface area (Å²) in [6.07, 6.45) is 14.0. The molecule has 6 rings (SSSR count). The van der Waals surface area contributed by atoms with Gasteiger partial charge in [-0.1, -0.05) is 6.92 Å². The number of Topliss-reactive ketones (excluding diaryl/α,β-unsaturated/α-hetero) is 1. The smallest absolute Gasteiger partial charge is 0.169 e. The number of benzene rings is 1. The topological polar surface area (TPSA) is 89.4 Å². The van der Waals surface area contributed by atoms with E-state index in [1.807, 2.05) is 46.9 Å². The summed E-state index contributed by atoms with van der Waals surface area (Å²) < 4.78 is 17.0. The Morgan fingerprint density at radius 2 is 1.95 bits per heavy atom. The van der Waals surface area contributed by atoms with Crippen LogP contribution in [-0.2, 0) is 6.42 Å². The molecule has 5 aromatic rings. The molecule has 0 bridgehead atoms. The molecule has 0 saturated heterocycles. The number of aromatic nitrogens is 4. The Labute approximate surface area is 226 Å². The Bertz CT molecular complexity index is 1670. The Kier molecular flexibility index (Phi) is 6.56. The predicted octanol–water partition coefficient (Wildman–Crippen LogP) is 5.84. The number of fused-ring (bicyclic) bond motifs is 2. The number of hydrogen-bond acceptors (Lipinski definition) is 6. The van der Waals surface area contributed by atoms with Gasteiger partial charge in [-0.05, 0) is 78.6 Å². The number of halogens is 1. The highest BCUT2D eigenvalue weighted by molar-refractivity contribution is 6.08. The van der Waals surface area contributed by atoms with Gasteiger partial charge in [0, 0.05) is 61.4 Å². The van der Waals surface area contributed by atoms with Crippen molar-refractivity contribution in [2.75, 3.05) is 11.9 Å². The number of nitrogens with two attached hydrogens (primary N) is 1. The van der Waals surface area contributed by atoms with Crippen LogP contribution < -0.4 is 10.6 Å². The predicted molar refractivity (Wildman–Crippen MR) is 151 cm³/mol. The van der Waals surface area contributed by atoms with Crippen molar-refractivity contribution in [3.63, 3.8) is 0 Å². The summed E-state index contributed by atoms with van der Waals surface area (Å²) >= 11 is 0. The SMILES string of the molecule is C[C@@H]1C[C@H](N)C[C@H](c2ccncc2CC(=O)c2ccc(F)c3cc(N(C)c4ccc5nccn5c4)cnc23)C1. The second-order valence-corrected chi connectivity index (χ2v) is 10.8. The fourth-order valence-corrected chi connectivity index (χ4v) is 6.00. The largest absolute Gasteiger partial charge is 0.342 e. The lowest BCUT2D eigenvalue weighted by molar-refractivity contribution is 0.0994. The van der Waals surface area contributed by atoms with Crippen LogP contribution in [0.3, 0.4) is 0 Å². The number of carbonyl (C=O) groups is 1. The summed E-state index contributed by atoms with van der Waals surface area (Å²) in [6.45, 7) is 2.23. The molecule has 1 aromatic carbocycles. The standard InChI is InChI=1S/C31H31FN6O/c1-19-11-20(13-22(33)12-19)25-7-8-34-16-21(25)14-29(39)26-4-5-28(32)27-15-24(17-36-31(26)27)37(2)23-3-6-30-35-9-10-38(30)18-23/h3-10,15-20,22H,11-14,33H2,1-2H3/t19-,20+,22-/m0/s1. The lowest BCUT2D eigenvalue weighted by Crippen LogP contribution is -2.31. The number of nitrogens with zero attached hydrogens (tertiary/aromatic N) is 5. The number of rotatable bonds is 6. The third-order valence-electron chi connectivity index (χ3n) is 7.94. The number of imidazole rings is 1. The molecule has 1 saturated carbocycles. The van der Waals surface area contributed by atoms with Crippen molar-refractivity contribution in [1.29, 1.82) is 0 Å². The molecule has 39 heavy (non-hydrogen) atoms. The molecule has 0 aliphatic heterocycles. The average Bonchev–Trinajstić information content (AvgIpc) is 3.40. The van der Waals surface area contributed by atoms with Gasteiger partial charge < -0.3 is 15.0 Å². The van der Waals surface area contributed by atoms with Crippen molar-refractivity contribution in [3.05, 3.63) is 96.1 Å². The molecule has 1 aliphatic rings. The average molecular weight is 523 g/mol. The first-order valence-electron chi connectivity index (χ1n) is 13.3. The molecule has 4 heterocycles. The van der Waals surface area contributed by atoms with Gasteiger partial charge in [0.15, 0.2) is 5.78 Å². The van der Waals surface area contributed by atoms with E-state index in [0.717, 1.165) is 41.7 Å². The number of hydrogen-bond donors (Lipinski definition) is 1. The Balaban J connectivity index is 1.30. The fraction of sp³-hybridized carbons (Fsp3) is 0.290. The molecule has 1 fully saturated rings. The van der Waals surface area contributed by atoms with E-state index in [1.54, 1.807) is 30.9 Å². The zero-order valence-electron chi connectivity index (χ0n) is 22.1. The van der Waals surface area contributed by atoms with Crippen molar-refractivity contribution in [3.8, 4) is 0 Å². The minimum Gasteiger partial charge on any atom is -0.342 e. The first kappa shape index (κ1) is 25.1. The molecule has 4 aromatic heterocycles. The highest BCUT2D eigenvalue weighted by Crippen LogP contribution is 2.37. The van der Waals surface area contributed by atoms with E-state index >= 15 is 4.39 Å². The van der Waals surface area contributed by atoms with Crippen LogP contribution in [-0.4, -0.2) is 38.2 Å². The van der Waals surface area contributed by atoms with Crippen LogP contribution in [0.2, 0.25) is 0 Å². The summed E-state index contributed by atoms with van der Waals surface area (Å²) in [7, 11) is 1.90. The highest BCUT2D eigenvalue weighted by Gasteiger charge is 2.28. The Morgan fingerprint density at radius 3 is 2.79 bits per heavy atom. The maximum atomic E-state index is 15.0. The second-order valence-electron chi connectivity index (χ2n) is 10.8. The second kappa shape index (κ2) is 10.2. The molecule has 0 unspecified atom stereocenters. The van der Waals surface area contributed by atoms with Crippen molar-refractivity contribution >= 4 is 33.7 Å². The number of pyridine rings is 3. The maximum absolute atomic E-state index is 15.0. The molecular formula is C31H31FN6O. The van der Waals surface area contributed by atoms with Gasteiger partial charge in [-0.15, -0.1) is 0 Å². The molecule has 8 heteroatoms. The van der Waals surface area contributed by atoms with Gasteiger partial charge in [-0.2, -0.15) is 0 Å². The van der Waals surface area contributed by atoms with Gasteiger partial charge in [0.1, 0.15) is 11.5 Å². The molecule has 198 valence electrons. The van der Waals surface area contributed by atoms with Crippen LogP contribution in [0.1, 0.15) is 53.6 Å². The van der Waals surface area contributed by atoms with Crippen LogP contribution in [0.4, 0.5) is 15.8 Å². The zero-order chi connectivity index (χ0) is 27.1. The number of carbonyl (C=O) groups excluding carboxylic acids is 1.